The largest absolute Gasteiger partial charge is 0.481 e. The van der Waals surface area contributed by atoms with Gasteiger partial charge in [-0.05, 0) is 0 Å². The van der Waals surface area contributed by atoms with Crippen LogP contribution in [0.1, 0.15) is 0 Å². The van der Waals surface area contributed by atoms with Gasteiger partial charge in [0.1, 0.15) is 0 Å². The average Bonchev–Trinajstić information content (AvgIpc) is 2.47. The Bertz CT molecular complexity index is 409. The van der Waals surface area contributed by atoms with Gasteiger partial charge in [0.2, 0.25) is 5.88 Å². The molecular formula is C7H8N4O. The van der Waals surface area contributed by atoms with Crippen molar-refractivity contribution >= 4 is 11.3 Å². The number of nitrogen functional groups attached to an aromatic ring is 1. The van der Waals surface area contributed by atoms with E-state index in [0.717, 1.165) is 0 Å². The zero-order valence-electron chi connectivity index (χ0n) is 6.56. The minimum absolute atomic E-state index is 0.537. The summed E-state index contributed by atoms with van der Waals surface area (Å²) in [6.07, 6.45) is 3.30. The van der Waals surface area contributed by atoms with Crippen molar-refractivity contribution in [2.45, 2.75) is 0 Å². The second-order valence-corrected chi connectivity index (χ2v) is 2.34. The first-order valence-electron chi connectivity index (χ1n) is 3.45. The Morgan fingerprint density at radius 3 is 3.17 bits per heavy atom. The van der Waals surface area contributed by atoms with Crippen molar-refractivity contribution in [1.29, 1.82) is 0 Å². The first kappa shape index (κ1) is 6.90. The normalized spacial score (nSPS) is 10.4. The lowest BCUT2D eigenvalue weighted by Gasteiger charge is -1.98. The molecule has 2 N–H and O–H groups in total. The van der Waals surface area contributed by atoms with Crippen LogP contribution in [0.5, 0.6) is 5.88 Å². The number of fused-ring (bicyclic) bond motifs is 1. The summed E-state index contributed by atoms with van der Waals surface area (Å²) >= 11 is 0. The monoisotopic (exact) mass is 164 g/mol. The number of hydrogen-bond donors (Lipinski definition) is 1. The summed E-state index contributed by atoms with van der Waals surface area (Å²) in [6, 6.07) is 1.72. The molecule has 2 rings (SSSR count). The molecule has 0 saturated heterocycles. The molecule has 5 nitrogen and oxygen atoms in total. The van der Waals surface area contributed by atoms with E-state index in [9.17, 15) is 0 Å². The van der Waals surface area contributed by atoms with Crippen LogP contribution in [0.4, 0.5) is 5.69 Å². The molecule has 0 unspecified atom stereocenters. The SMILES string of the molecule is COc1ccn2ncc(N)c2n1. The van der Waals surface area contributed by atoms with E-state index >= 15 is 0 Å². The highest BCUT2D eigenvalue weighted by atomic mass is 16.5. The number of rotatable bonds is 1. The molecule has 0 bridgehead atoms. The topological polar surface area (TPSA) is 65.4 Å². The molecule has 12 heavy (non-hydrogen) atoms. The van der Waals surface area contributed by atoms with Gasteiger partial charge in [0.05, 0.1) is 19.0 Å². The Labute approximate surface area is 68.8 Å². The van der Waals surface area contributed by atoms with Crippen molar-refractivity contribution in [2.24, 2.45) is 0 Å². The van der Waals surface area contributed by atoms with E-state index in [-0.39, 0.29) is 0 Å². The molecule has 0 saturated carbocycles. The van der Waals surface area contributed by atoms with E-state index in [1.165, 1.54) is 0 Å². The Balaban J connectivity index is 2.71. The van der Waals surface area contributed by atoms with Gasteiger partial charge in [-0.1, -0.05) is 0 Å². The van der Waals surface area contributed by atoms with Gasteiger partial charge >= 0.3 is 0 Å². The molecule has 0 aromatic carbocycles. The molecule has 0 aliphatic rings. The Morgan fingerprint density at radius 2 is 2.42 bits per heavy atom. The van der Waals surface area contributed by atoms with E-state index < -0.39 is 0 Å². The van der Waals surface area contributed by atoms with Crippen molar-refractivity contribution < 1.29 is 4.74 Å². The highest BCUT2D eigenvalue weighted by molar-refractivity contribution is 5.63. The van der Waals surface area contributed by atoms with Crippen LogP contribution < -0.4 is 10.5 Å². The Kier molecular flexibility index (Phi) is 1.36. The summed E-state index contributed by atoms with van der Waals surface area (Å²) < 4.78 is 6.53. The molecule has 0 atom stereocenters. The third-order valence-corrected chi connectivity index (χ3v) is 1.58. The summed E-state index contributed by atoms with van der Waals surface area (Å²) in [4.78, 5) is 4.11. The first-order chi connectivity index (χ1) is 5.81. The van der Waals surface area contributed by atoms with Crippen LogP contribution in [0.3, 0.4) is 0 Å². The lowest BCUT2D eigenvalue weighted by atomic mass is 10.5. The quantitative estimate of drug-likeness (QED) is 0.659. The van der Waals surface area contributed by atoms with Crippen molar-refractivity contribution in [3.8, 4) is 5.88 Å². The predicted molar refractivity (Wildman–Crippen MR) is 44.0 cm³/mol. The van der Waals surface area contributed by atoms with Crippen molar-refractivity contribution in [3.05, 3.63) is 18.5 Å². The number of nitrogens with zero attached hydrogens (tertiary/aromatic N) is 3. The molecule has 0 amide bonds. The zero-order chi connectivity index (χ0) is 8.55. The fourth-order valence-electron chi connectivity index (χ4n) is 0.984. The number of aromatic nitrogens is 3. The lowest BCUT2D eigenvalue weighted by molar-refractivity contribution is 0.398. The van der Waals surface area contributed by atoms with E-state index in [1.807, 2.05) is 0 Å². The molecule has 0 fully saturated rings. The van der Waals surface area contributed by atoms with Gasteiger partial charge < -0.3 is 10.5 Å². The third-order valence-electron chi connectivity index (χ3n) is 1.58. The standard InChI is InChI=1S/C7H8N4O/c1-12-6-2-3-11-7(10-6)5(8)4-9-11/h2-4H,8H2,1H3. The fraction of sp³-hybridized carbons (Fsp3) is 0.143. The number of ether oxygens (including phenoxy) is 1. The predicted octanol–water partition coefficient (Wildman–Crippen LogP) is 0.320. The van der Waals surface area contributed by atoms with Gasteiger partial charge in [0.25, 0.3) is 0 Å². The third kappa shape index (κ3) is 0.868. The molecule has 0 spiro atoms. The molecular weight excluding hydrogens is 156 g/mol. The lowest BCUT2D eigenvalue weighted by Crippen LogP contribution is -1.94. The van der Waals surface area contributed by atoms with E-state index in [4.69, 9.17) is 10.5 Å². The number of anilines is 1. The number of hydrogen-bond acceptors (Lipinski definition) is 4. The van der Waals surface area contributed by atoms with E-state index in [2.05, 4.69) is 10.1 Å². The molecule has 0 aliphatic heterocycles. The van der Waals surface area contributed by atoms with Gasteiger partial charge in [0.15, 0.2) is 5.65 Å². The van der Waals surface area contributed by atoms with Crippen LogP contribution in [-0.2, 0) is 0 Å². The summed E-state index contributed by atoms with van der Waals surface area (Å²) in [5.74, 6) is 0.537. The van der Waals surface area contributed by atoms with Crippen LogP contribution in [0.25, 0.3) is 5.65 Å². The number of nitrogens with two attached hydrogens (primary N) is 1. The van der Waals surface area contributed by atoms with Gasteiger partial charge in [-0.15, -0.1) is 0 Å². The summed E-state index contributed by atoms with van der Waals surface area (Å²) in [6.45, 7) is 0. The van der Waals surface area contributed by atoms with Crippen LogP contribution in [-0.4, -0.2) is 21.7 Å². The smallest absolute Gasteiger partial charge is 0.216 e. The van der Waals surface area contributed by atoms with Crippen molar-refractivity contribution in [2.75, 3.05) is 12.8 Å². The van der Waals surface area contributed by atoms with Crippen LogP contribution >= 0.6 is 0 Å². The molecule has 2 aromatic rings. The van der Waals surface area contributed by atoms with Gasteiger partial charge in [-0.25, -0.2) is 4.52 Å². The maximum absolute atomic E-state index is 5.60. The maximum atomic E-state index is 5.60. The van der Waals surface area contributed by atoms with Crippen molar-refractivity contribution in [3.63, 3.8) is 0 Å². The second-order valence-electron chi connectivity index (χ2n) is 2.34. The van der Waals surface area contributed by atoms with Gasteiger partial charge in [0, 0.05) is 12.3 Å². The highest BCUT2D eigenvalue weighted by Gasteiger charge is 2.02. The maximum Gasteiger partial charge on any atom is 0.216 e. The van der Waals surface area contributed by atoms with Crippen LogP contribution in [0.2, 0.25) is 0 Å². The van der Waals surface area contributed by atoms with E-state index in [0.29, 0.717) is 17.2 Å². The summed E-state index contributed by atoms with van der Waals surface area (Å²) in [7, 11) is 1.56. The van der Waals surface area contributed by atoms with Crippen LogP contribution in [0, 0.1) is 0 Å². The Morgan fingerprint density at radius 1 is 1.58 bits per heavy atom. The average molecular weight is 164 g/mol. The molecule has 5 heteroatoms. The minimum atomic E-state index is 0.537. The van der Waals surface area contributed by atoms with Gasteiger partial charge in [-0.2, -0.15) is 10.1 Å². The molecule has 0 radical (unpaired) electrons. The highest BCUT2D eigenvalue weighted by Crippen LogP contribution is 2.13. The molecule has 2 heterocycles. The first-order valence-corrected chi connectivity index (χ1v) is 3.45. The molecule has 2 aromatic heterocycles. The summed E-state index contributed by atoms with van der Waals surface area (Å²) in [5, 5.41) is 3.97. The fourth-order valence-corrected chi connectivity index (χ4v) is 0.984. The minimum Gasteiger partial charge on any atom is -0.481 e. The number of methoxy groups -OCH3 is 1. The van der Waals surface area contributed by atoms with E-state index in [1.54, 1.807) is 30.1 Å². The zero-order valence-corrected chi connectivity index (χ0v) is 6.56. The Hall–Kier alpha value is -1.78. The van der Waals surface area contributed by atoms with Gasteiger partial charge in [-0.3, -0.25) is 0 Å². The summed E-state index contributed by atoms with van der Waals surface area (Å²) in [5.41, 5.74) is 6.77. The van der Waals surface area contributed by atoms with Crippen molar-refractivity contribution in [1.82, 2.24) is 14.6 Å². The molecule has 62 valence electrons. The van der Waals surface area contributed by atoms with Crippen LogP contribution in [0.15, 0.2) is 18.5 Å². The second kappa shape index (κ2) is 2.37. The molecule has 0 aliphatic carbocycles.